The van der Waals surface area contributed by atoms with Crippen LogP contribution < -0.4 is 0 Å². The maximum absolute atomic E-state index is 11.1. The first-order valence-corrected chi connectivity index (χ1v) is 9.22. The second-order valence-electron chi connectivity index (χ2n) is 6.18. The molecule has 0 aromatic carbocycles. The smallest absolute Gasteiger partial charge is 0.198 e. The number of carbonyl (C=O) groups excluding carboxylic acids is 2. The number of unbranched alkanes of at least 4 members (excludes halogenated alkanes) is 11. The predicted molar refractivity (Wildman–Crippen MR) is 94.8 cm³/mol. The van der Waals surface area contributed by atoms with Crippen molar-refractivity contribution in [2.24, 2.45) is 0 Å². The molecule has 0 amide bonds. The molecule has 0 bridgehead atoms. The van der Waals surface area contributed by atoms with Gasteiger partial charge in [0.25, 0.3) is 0 Å². The van der Waals surface area contributed by atoms with E-state index in [0.717, 1.165) is 19.3 Å². The van der Waals surface area contributed by atoms with Crippen LogP contribution in [0.15, 0.2) is 12.2 Å². The van der Waals surface area contributed by atoms with Crippen LogP contribution in [0.2, 0.25) is 0 Å². The molecular weight excluding hydrogens is 272 g/mol. The van der Waals surface area contributed by atoms with Crippen molar-refractivity contribution in [2.75, 3.05) is 0 Å². The molecule has 1 radical (unpaired) electrons. The SMILES string of the molecule is [CH2]C(=O)C(=O)CCCCCCC/C=C\CCCCCCCC. The molecule has 0 N–H and O–H groups in total. The lowest BCUT2D eigenvalue weighted by atomic mass is 10.1. The van der Waals surface area contributed by atoms with Gasteiger partial charge in [0.15, 0.2) is 11.6 Å². The molecule has 0 saturated heterocycles. The van der Waals surface area contributed by atoms with Gasteiger partial charge in [0, 0.05) is 13.3 Å². The van der Waals surface area contributed by atoms with Crippen LogP contribution >= 0.6 is 0 Å². The maximum atomic E-state index is 11.1. The van der Waals surface area contributed by atoms with Crippen LogP contribution in [0.1, 0.15) is 96.8 Å². The summed E-state index contributed by atoms with van der Waals surface area (Å²) in [7, 11) is 0. The molecule has 0 heterocycles. The number of rotatable bonds is 16. The zero-order chi connectivity index (χ0) is 16.5. The van der Waals surface area contributed by atoms with Crippen molar-refractivity contribution in [3.63, 3.8) is 0 Å². The van der Waals surface area contributed by atoms with Gasteiger partial charge in [0.05, 0.1) is 0 Å². The highest BCUT2D eigenvalue weighted by Gasteiger charge is 2.06. The summed E-state index contributed by atoms with van der Waals surface area (Å²) in [4.78, 5) is 21.7. The standard InChI is InChI=1S/C20H35O2/c1-3-4-5-6-7-8-9-10-11-12-13-14-15-16-17-18-20(22)19(2)21/h10-11H,2-9,12-18H2,1H3/b11-10-. The zero-order valence-electron chi connectivity index (χ0n) is 14.6. The second kappa shape index (κ2) is 16.5. The van der Waals surface area contributed by atoms with Crippen LogP contribution in [0.25, 0.3) is 0 Å². The van der Waals surface area contributed by atoms with E-state index in [2.05, 4.69) is 26.0 Å². The number of carbonyl (C=O) groups is 2. The Bertz CT molecular complexity index is 305. The Balaban J connectivity index is 3.17. The fraction of sp³-hybridized carbons (Fsp3) is 0.750. The molecule has 0 atom stereocenters. The van der Waals surface area contributed by atoms with E-state index in [0.29, 0.717) is 6.42 Å². The van der Waals surface area contributed by atoms with Gasteiger partial charge in [0.2, 0.25) is 0 Å². The number of hydrogen-bond donors (Lipinski definition) is 0. The van der Waals surface area contributed by atoms with Gasteiger partial charge in [-0.25, -0.2) is 0 Å². The Morgan fingerprint density at radius 1 is 0.727 bits per heavy atom. The minimum atomic E-state index is -0.546. The average molecular weight is 307 g/mol. The van der Waals surface area contributed by atoms with Crippen molar-refractivity contribution in [3.05, 3.63) is 19.1 Å². The summed E-state index contributed by atoms with van der Waals surface area (Å²) in [6.07, 6.45) is 21.1. The molecule has 127 valence electrons. The Morgan fingerprint density at radius 3 is 1.68 bits per heavy atom. The van der Waals surface area contributed by atoms with E-state index < -0.39 is 5.78 Å². The minimum Gasteiger partial charge on any atom is -0.291 e. The molecule has 0 aromatic rings. The van der Waals surface area contributed by atoms with E-state index in [9.17, 15) is 9.59 Å². The number of ketones is 2. The normalized spacial score (nSPS) is 11.2. The molecule has 0 saturated carbocycles. The molecule has 0 aliphatic rings. The highest BCUT2D eigenvalue weighted by atomic mass is 16.2. The number of hydrogen-bond acceptors (Lipinski definition) is 2. The van der Waals surface area contributed by atoms with Crippen molar-refractivity contribution in [1.82, 2.24) is 0 Å². The molecule has 0 rings (SSSR count). The van der Waals surface area contributed by atoms with Gasteiger partial charge in [-0.2, -0.15) is 0 Å². The van der Waals surface area contributed by atoms with Crippen LogP contribution in [0.3, 0.4) is 0 Å². The Morgan fingerprint density at radius 2 is 1.18 bits per heavy atom. The highest BCUT2D eigenvalue weighted by Crippen LogP contribution is 2.10. The third-order valence-electron chi connectivity index (χ3n) is 3.98. The minimum absolute atomic E-state index is 0.322. The van der Waals surface area contributed by atoms with Gasteiger partial charge in [-0.05, 0) is 32.1 Å². The molecule has 0 spiro atoms. The molecule has 0 aliphatic heterocycles. The van der Waals surface area contributed by atoms with Crippen molar-refractivity contribution in [2.45, 2.75) is 96.8 Å². The zero-order valence-corrected chi connectivity index (χ0v) is 14.6. The molecule has 22 heavy (non-hydrogen) atoms. The van der Waals surface area contributed by atoms with Crippen LogP contribution in [0.4, 0.5) is 0 Å². The fourth-order valence-electron chi connectivity index (χ4n) is 2.50. The van der Waals surface area contributed by atoms with Gasteiger partial charge in [-0.15, -0.1) is 0 Å². The number of allylic oxidation sites excluding steroid dienone is 2. The summed E-state index contributed by atoms with van der Waals surface area (Å²) in [6, 6.07) is 0. The first-order chi connectivity index (χ1) is 10.7. The third kappa shape index (κ3) is 15.5. The highest BCUT2D eigenvalue weighted by molar-refractivity contribution is 6.38. The van der Waals surface area contributed by atoms with Crippen molar-refractivity contribution in [1.29, 1.82) is 0 Å². The third-order valence-corrected chi connectivity index (χ3v) is 3.98. The second-order valence-corrected chi connectivity index (χ2v) is 6.18. The largest absolute Gasteiger partial charge is 0.291 e. The summed E-state index contributed by atoms with van der Waals surface area (Å²) < 4.78 is 0. The van der Waals surface area contributed by atoms with Crippen LogP contribution in [-0.4, -0.2) is 11.6 Å². The van der Waals surface area contributed by atoms with Crippen molar-refractivity contribution >= 4 is 11.6 Å². The fourth-order valence-corrected chi connectivity index (χ4v) is 2.50. The number of Topliss-reactive ketones (excluding diaryl/α,β-unsaturated/α-hetero) is 2. The first kappa shape index (κ1) is 21.1. The summed E-state index contributed by atoms with van der Waals surface area (Å²) in [5, 5.41) is 0. The van der Waals surface area contributed by atoms with E-state index in [1.807, 2.05) is 0 Å². The Hall–Kier alpha value is -0.920. The lowest BCUT2D eigenvalue weighted by Gasteiger charge is -1.99. The molecule has 0 aromatic heterocycles. The Labute approximate surface area is 137 Å². The molecule has 0 aliphatic carbocycles. The van der Waals surface area contributed by atoms with Crippen LogP contribution in [-0.2, 0) is 9.59 Å². The Kier molecular flexibility index (Phi) is 15.8. The topological polar surface area (TPSA) is 34.1 Å². The summed E-state index contributed by atoms with van der Waals surface area (Å²) in [5.41, 5.74) is 0. The van der Waals surface area contributed by atoms with Gasteiger partial charge in [-0.3, -0.25) is 9.59 Å². The van der Waals surface area contributed by atoms with Gasteiger partial charge in [0.1, 0.15) is 0 Å². The predicted octanol–water partition coefficient (Wildman–Crippen LogP) is 6.00. The van der Waals surface area contributed by atoms with Crippen LogP contribution in [0.5, 0.6) is 0 Å². The summed E-state index contributed by atoms with van der Waals surface area (Å²) in [6.45, 7) is 5.39. The van der Waals surface area contributed by atoms with Crippen molar-refractivity contribution in [3.8, 4) is 0 Å². The van der Waals surface area contributed by atoms with E-state index in [4.69, 9.17) is 0 Å². The first-order valence-electron chi connectivity index (χ1n) is 9.22. The van der Waals surface area contributed by atoms with Crippen molar-refractivity contribution < 1.29 is 9.59 Å². The molecule has 2 heteroatoms. The van der Waals surface area contributed by atoms with Gasteiger partial charge >= 0.3 is 0 Å². The maximum Gasteiger partial charge on any atom is 0.198 e. The lowest BCUT2D eigenvalue weighted by Crippen LogP contribution is -2.08. The summed E-state index contributed by atoms with van der Waals surface area (Å²) in [5.74, 6) is -0.867. The molecule has 2 nitrogen and oxygen atoms in total. The van der Waals surface area contributed by atoms with Crippen LogP contribution in [0, 0.1) is 6.92 Å². The summed E-state index contributed by atoms with van der Waals surface area (Å²) >= 11 is 0. The van der Waals surface area contributed by atoms with E-state index >= 15 is 0 Å². The lowest BCUT2D eigenvalue weighted by molar-refractivity contribution is -0.134. The quantitative estimate of drug-likeness (QED) is 0.199. The molecular formula is C20H35O2. The van der Waals surface area contributed by atoms with E-state index in [-0.39, 0.29) is 5.78 Å². The van der Waals surface area contributed by atoms with E-state index in [1.165, 1.54) is 64.2 Å². The van der Waals surface area contributed by atoms with E-state index in [1.54, 1.807) is 0 Å². The molecule has 0 unspecified atom stereocenters. The van der Waals surface area contributed by atoms with Gasteiger partial charge < -0.3 is 0 Å². The van der Waals surface area contributed by atoms with Gasteiger partial charge in [-0.1, -0.05) is 70.4 Å². The average Bonchev–Trinajstić information content (AvgIpc) is 2.50. The monoisotopic (exact) mass is 307 g/mol. The molecule has 0 fully saturated rings.